The van der Waals surface area contributed by atoms with Gasteiger partial charge in [0.1, 0.15) is 5.54 Å². The molecule has 1 amide bonds. The van der Waals surface area contributed by atoms with Crippen molar-refractivity contribution in [3.8, 4) is 0 Å². The van der Waals surface area contributed by atoms with Crippen molar-refractivity contribution in [3.05, 3.63) is 22.4 Å². The van der Waals surface area contributed by atoms with E-state index in [0.29, 0.717) is 17.1 Å². The number of thiophene rings is 1. The van der Waals surface area contributed by atoms with Gasteiger partial charge in [0.2, 0.25) is 5.91 Å². The summed E-state index contributed by atoms with van der Waals surface area (Å²) in [6.07, 6.45) is 0.559. The summed E-state index contributed by atoms with van der Waals surface area (Å²) in [5.41, 5.74) is -1.16. The third-order valence-electron chi connectivity index (χ3n) is 3.18. The van der Waals surface area contributed by atoms with Crippen molar-refractivity contribution in [2.75, 3.05) is 11.5 Å². The Hall–Kier alpha value is -1.34. The minimum absolute atomic E-state index is 0.0242. The Morgan fingerprint density at radius 2 is 2.15 bits per heavy atom. The smallest absolute Gasteiger partial charge is 0.330 e. The normalized spacial score (nSPS) is 21.6. The van der Waals surface area contributed by atoms with Crippen LogP contribution in [0.15, 0.2) is 17.5 Å². The van der Waals surface area contributed by atoms with E-state index in [0.717, 1.165) is 5.75 Å². The predicted octanol–water partition coefficient (Wildman–Crippen LogP) is 1.79. The number of aliphatic carboxylic acids is 1. The van der Waals surface area contributed by atoms with E-state index < -0.39 is 11.5 Å². The van der Waals surface area contributed by atoms with Gasteiger partial charge in [-0.15, -0.1) is 11.3 Å². The number of carbonyl (C=O) groups excluding carboxylic acids is 2. The molecule has 2 rings (SSSR count). The van der Waals surface area contributed by atoms with Crippen LogP contribution in [0.5, 0.6) is 0 Å². The largest absolute Gasteiger partial charge is 0.479 e. The van der Waals surface area contributed by atoms with Gasteiger partial charge in [-0.25, -0.2) is 4.79 Å². The number of Topliss-reactive ketones (excluding diaryl/α,β-unsaturated/α-hetero) is 1. The summed E-state index contributed by atoms with van der Waals surface area (Å²) in [6, 6.07) is 3.50. The minimum Gasteiger partial charge on any atom is -0.479 e. The van der Waals surface area contributed by atoms with Crippen LogP contribution in [0.1, 0.15) is 28.9 Å². The minimum atomic E-state index is -1.16. The number of amides is 1. The number of hydrogen-bond acceptors (Lipinski definition) is 5. The molecule has 108 valence electrons. The van der Waals surface area contributed by atoms with Gasteiger partial charge in [-0.1, -0.05) is 6.07 Å². The second kappa shape index (κ2) is 6.41. The number of hydrogen-bond donors (Lipinski definition) is 2. The molecule has 1 aliphatic heterocycles. The van der Waals surface area contributed by atoms with Crippen LogP contribution in [0, 0.1) is 0 Å². The van der Waals surface area contributed by atoms with E-state index >= 15 is 0 Å². The Kier molecular flexibility index (Phi) is 4.82. The van der Waals surface area contributed by atoms with Crippen LogP contribution in [0.3, 0.4) is 0 Å². The molecular weight excluding hydrogens is 298 g/mol. The first-order valence-electron chi connectivity index (χ1n) is 6.22. The molecule has 1 aromatic heterocycles. The Morgan fingerprint density at radius 1 is 1.35 bits per heavy atom. The van der Waals surface area contributed by atoms with E-state index in [1.807, 2.05) is 5.38 Å². The third kappa shape index (κ3) is 3.40. The maximum atomic E-state index is 11.9. The number of nitrogens with one attached hydrogen (secondary N) is 1. The van der Waals surface area contributed by atoms with Crippen molar-refractivity contribution < 1.29 is 19.5 Å². The summed E-state index contributed by atoms with van der Waals surface area (Å²) in [4.78, 5) is 35.5. The van der Waals surface area contributed by atoms with E-state index in [2.05, 4.69) is 5.32 Å². The molecular formula is C13H15NO4S2. The summed E-state index contributed by atoms with van der Waals surface area (Å²) in [7, 11) is 0. The lowest BCUT2D eigenvalue weighted by Crippen LogP contribution is -2.54. The molecule has 1 atom stereocenters. The number of thioether (sulfide) groups is 1. The molecule has 1 saturated heterocycles. The van der Waals surface area contributed by atoms with E-state index in [1.165, 1.54) is 23.1 Å². The number of rotatable bonds is 6. The van der Waals surface area contributed by atoms with Gasteiger partial charge in [0.15, 0.2) is 5.78 Å². The van der Waals surface area contributed by atoms with Crippen LogP contribution in [0.4, 0.5) is 0 Å². The zero-order valence-electron chi connectivity index (χ0n) is 10.8. The molecule has 20 heavy (non-hydrogen) atoms. The van der Waals surface area contributed by atoms with E-state index in [4.69, 9.17) is 0 Å². The molecule has 0 aliphatic carbocycles. The molecule has 0 aromatic carbocycles. The fourth-order valence-corrected chi connectivity index (χ4v) is 4.02. The number of carboxylic acids is 1. The maximum absolute atomic E-state index is 11.9. The molecule has 1 aromatic rings. The summed E-state index contributed by atoms with van der Waals surface area (Å²) < 4.78 is 0. The Balaban J connectivity index is 1.86. The van der Waals surface area contributed by atoms with Crippen LogP contribution >= 0.6 is 23.1 Å². The highest BCUT2D eigenvalue weighted by molar-refractivity contribution is 7.99. The molecule has 2 N–H and O–H groups in total. The maximum Gasteiger partial charge on any atom is 0.330 e. The van der Waals surface area contributed by atoms with Crippen molar-refractivity contribution >= 4 is 40.8 Å². The molecule has 7 heteroatoms. The van der Waals surface area contributed by atoms with Crippen LogP contribution < -0.4 is 5.32 Å². The summed E-state index contributed by atoms with van der Waals surface area (Å²) in [6.45, 7) is 0. The molecule has 1 aliphatic rings. The van der Waals surface area contributed by atoms with E-state index in [9.17, 15) is 19.5 Å². The highest BCUT2D eigenvalue weighted by atomic mass is 32.2. The Bertz CT molecular complexity index is 506. The van der Waals surface area contributed by atoms with Gasteiger partial charge in [-0.3, -0.25) is 9.59 Å². The average Bonchev–Trinajstić information content (AvgIpc) is 3.07. The first-order valence-corrected chi connectivity index (χ1v) is 8.26. The molecule has 0 spiro atoms. The SMILES string of the molecule is O=C(CCC(=O)c1cccs1)NC1(C(=O)O)CCSC1. The van der Waals surface area contributed by atoms with Crippen molar-refractivity contribution in [2.24, 2.45) is 0 Å². The number of carbonyl (C=O) groups is 3. The highest BCUT2D eigenvalue weighted by Gasteiger charge is 2.43. The Morgan fingerprint density at radius 3 is 2.70 bits per heavy atom. The van der Waals surface area contributed by atoms with Gasteiger partial charge in [0.25, 0.3) is 0 Å². The molecule has 0 radical (unpaired) electrons. The lowest BCUT2D eigenvalue weighted by Gasteiger charge is -2.24. The van der Waals surface area contributed by atoms with Gasteiger partial charge in [-0.05, 0) is 23.6 Å². The molecule has 0 bridgehead atoms. The van der Waals surface area contributed by atoms with Gasteiger partial charge >= 0.3 is 5.97 Å². The Labute approximate surface area is 124 Å². The van der Waals surface area contributed by atoms with Crippen molar-refractivity contribution in [2.45, 2.75) is 24.8 Å². The fraction of sp³-hybridized carbons (Fsp3) is 0.462. The zero-order valence-corrected chi connectivity index (χ0v) is 12.4. The van der Waals surface area contributed by atoms with Gasteiger partial charge in [-0.2, -0.15) is 11.8 Å². The topological polar surface area (TPSA) is 83.5 Å². The number of carboxylic acid groups (broad SMARTS) is 1. The summed E-state index contributed by atoms with van der Waals surface area (Å²) >= 11 is 2.85. The van der Waals surface area contributed by atoms with Crippen LogP contribution in [0.25, 0.3) is 0 Å². The summed E-state index contributed by atoms with van der Waals surface area (Å²) in [5, 5.41) is 13.6. The summed E-state index contributed by atoms with van der Waals surface area (Å²) in [5.74, 6) is -0.353. The molecule has 2 heterocycles. The van der Waals surface area contributed by atoms with Gasteiger partial charge in [0, 0.05) is 18.6 Å². The lowest BCUT2D eigenvalue weighted by molar-refractivity contribution is -0.146. The lowest BCUT2D eigenvalue weighted by atomic mass is 9.99. The third-order valence-corrected chi connectivity index (χ3v) is 5.29. The fourth-order valence-electron chi connectivity index (χ4n) is 2.00. The highest BCUT2D eigenvalue weighted by Crippen LogP contribution is 2.28. The average molecular weight is 313 g/mol. The van der Waals surface area contributed by atoms with Crippen LogP contribution in [-0.2, 0) is 9.59 Å². The first-order chi connectivity index (χ1) is 9.53. The standard InChI is InChI=1S/C13H15NO4S2/c15-9(10-2-1-6-20-10)3-4-11(16)14-13(12(17)18)5-7-19-8-13/h1-2,6H,3-5,7-8H2,(H,14,16)(H,17,18). The van der Waals surface area contributed by atoms with Gasteiger partial charge in [0.05, 0.1) is 4.88 Å². The van der Waals surface area contributed by atoms with Gasteiger partial charge < -0.3 is 10.4 Å². The number of ketones is 1. The predicted molar refractivity (Wildman–Crippen MR) is 78.3 cm³/mol. The quantitative estimate of drug-likeness (QED) is 0.782. The molecule has 1 unspecified atom stereocenters. The second-order valence-electron chi connectivity index (χ2n) is 4.64. The second-order valence-corrected chi connectivity index (χ2v) is 6.69. The van der Waals surface area contributed by atoms with Crippen LogP contribution in [0.2, 0.25) is 0 Å². The van der Waals surface area contributed by atoms with Crippen molar-refractivity contribution in [1.82, 2.24) is 5.32 Å². The zero-order chi connectivity index (χ0) is 14.6. The monoisotopic (exact) mass is 313 g/mol. The molecule has 1 fully saturated rings. The molecule has 0 saturated carbocycles. The van der Waals surface area contributed by atoms with Crippen LogP contribution in [-0.4, -0.2) is 39.8 Å². The van der Waals surface area contributed by atoms with Crippen molar-refractivity contribution in [1.29, 1.82) is 0 Å². The van der Waals surface area contributed by atoms with E-state index in [1.54, 1.807) is 12.1 Å². The van der Waals surface area contributed by atoms with E-state index in [-0.39, 0.29) is 24.5 Å². The first kappa shape index (κ1) is 15.1. The van der Waals surface area contributed by atoms with Crippen molar-refractivity contribution in [3.63, 3.8) is 0 Å². The molecule has 5 nitrogen and oxygen atoms in total.